The monoisotopic (exact) mass is 396 g/mol. The first-order chi connectivity index (χ1) is 13.9. The number of Topliss-reactive ketones (excluding diaryl/α,β-unsaturated/α-hetero) is 1. The summed E-state index contributed by atoms with van der Waals surface area (Å²) >= 11 is 0. The molecule has 1 heterocycles. The molecular formula is C23H28N2O4. The average molecular weight is 396 g/mol. The van der Waals surface area contributed by atoms with Crippen molar-refractivity contribution in [3.8, 4) is 11.5 Å². The van der Waals surface area contributed by atoms with E-state index in [-0.39, 0.29) is 11.7 Å². The highest BCUT2D eigenvalue weighted by Crippen LogP contribution is 2.27. The van der Waals surface area contributed by atoms with E-state index in [1.54, 1.807) is 32.4 Å². The summed E-state index contributed by atoms with van der Waals surface area (Å²) in [5, 5.41) is 0. The van der Waals surface area contributed by atoms with E-state index >= 15 is 0 Å². The first-order valence-electron chi connectivity index (χ1n) is 9.77. The molecule has 1 fully saturated rings. The highest BCUT2D eigenvalue weighted by atomic mass is 16.5. The fourth-order valence-electron chi connectivity index (χ4n) is 3.47. The number of nitrogens with zero attached hydrogens (tertiary/aromatic N) is 2. The Hall–Kier alpha value is -2.86. The lowest BCUT2D eigenvalue weighted by molar-refractivity contribution is 0.0624. The van der Waals surface area contributed by atoms with Crippen molar-refractivity contribution >= 4 is 11.7 Å². The van der Waals surface area contributed by atoms with Crippen LogP contribution in [0, 0.1) is 13.8 Å². The van der Waals surface area contributed by atoms with E-state index in [2.05, 4.69) is 4.90 Å². The van der Waals surface area contributed by atoms with Crippen molar-refractivity contribution in [3.63, 3.8) is 0 Å². The van der Waals surface area contributed by atoms with Crippen LogP contribution in [0.3, 0.4) is 0 Å². The summed E-state index contributed by atoms with van der Waals surface area (Å²) < 4.78 is 10.5. The molecule has 2 aromatic rings. The molecule has 6 nitrogen and oxygen atoms in total. The molecule has 0 N–H and O–H groups in total. The molecule has 154 valence electrons. The van der Waals surface area contributed by atoms with Crippen LogP contribution in [0.1, 0.15) is 31.8 Å². The molecule has 0 aromatic heterocycles. The molecule has 1 aliphatic heterocycles. The Balaban J connectivity index is 1.57. The maximum atomic E-state index is 12.8. The molecule has 1 aliphatic rings. The van der Waals surface area contributed by atoms with E-state index in [9.17, 15) is 9.59 Å². The smallest absolute Gasteiger partial charge is 0.253 e. The van der Waals surface area contributed by atoms with Crippen molar-refractivity contribution < 1.29 is 19.1 Å². The summed E-state index contributed by atoms with van der Waals surface area (Å²) in [5.41, 5.74) is 3.62. The zero-order valence-corrected chi connectivity index (χ0v) is 17.5. The van der Waals surface area contributed by atoms with Gasteiger partial charge < -0.3 is 14.4 Å². The number of hydrogen-bond donors (Lipinski definition) is 0. The Bertz CT molecular complexity index is 902. The maximum Gasteiger partial charge on any atom is 0.253 e. The standard InChI is InChI=1S/C23H28N2O4/c1-16-5-6-19(13-17(16)2)23(27)25-11-9-24(10-12-25)15-20(26)18-7-8-21(28-3)22(14-18)29-4/h5-8,13-14H,9-12,15H2,1-4H3. The van der Waals surface area contributed by atoms with Gasteiger partial charge in [0, 0.05) is 37.3 Å². The van der Waals surface area contributed by atoms with Gasteiger partial charge in [-0.25, -0.2) is 0 Å². The predicted molar refractivity (Wildman–Crippen MR) is 112 cm³/mol. The van der Waals surface area contributed by atoms with E-state index in [0.29, 0.717) is 49.8 Å². The molecule has 0 bridgehead atoms. The topological polar surface area (TPSA) is 59.1 Å². The van der Waals surface area contributed by atoms with Gasteiger partial charge in [-0.05, 0) is 55.3 Å². The summed E-state index contributed by atoms with van der Waals surface area (Å²) in [6, 6.07) is 11.0. The minimum atomic E-state index is 0.0277. The van der Waals surface area contributed by atoms with Crippen molar-refractivity contribution in [1.29, 1.82) is 0 Å². The Morgan fingerprint density at radius 1 is 0.828 bits per heavy atom. The summed E-state index contributed by atoms with van der Waals surface area (Å²) in [4.78, 5) is 29.4. The second-order valence-corrected chi connectivity index (χ2v) is 7.36. The predicted octanol–water partition coefficient (Wildman–Crippen LogP) is 2.96. The van der Waals surface area contributed by atoms with Gasteiger partial charge in [-0.3, -0.25) is 14.5 Å². The van der Waals surface area contributed by atoms with Gasteiger partial charge in [-0.1, -0.05) is 6.07 Å². The van der Waals surface area contributed by atoms with Crippen LogP contribution in [0.25, 0.3) is 0 Å². The number of methoxy groups -OCH3 is 2. The molecule has 0 spiro atoms. The number of benzene rings is 2. The molecule has 2 aromatic carbocycles. The molecule has 1 amide bonds. The van der Waals surface area contributed by atoms with Gasteiger partial charge in [-0.2, -0.15) is 0 Å². The van der Waals surface area contributed by atoms with E-state index < -0.39 is 0 Å². The van der Waals surface area contributed by atoms with Crippen molar-refractivity contribution in [2.75, 3.05) is 46.9 Å². The third kappa shape index (κ3) is 4.77. The third-order valence-electron chi connectivity index (χ3n) is 5.49. The molecule has 0 radical (unpaired) electrons. The van der Waals surface area contributed by atoms with E-state index in [4.69, 9.17) is 9.47 Å². The van der Waals surface area contributed by atoms with Crippen LogP contribution >= 0.6 is 0 Å². The third-order valence-corrected chi connectivity index (χ3v) is 5.49. The van der Waals surface area contributed by atoms with Crippen LogP contribution in [0.2, 0.25) is 0 Å². The molecule has 6 heteroatoms. The minimum absolute atomic E-state index is 0.0277. The first kappa shape index (κ1) is 20.9. The lowest BCUT2D eigenvalue weighted by Gasteiger charge is -2.34. The number of rotatable bonds is 6. The van der Waals surface area contributed by atoms with Gasteiger partial charge in [0.05, 0.1) is 20.8 Å². The summed E-state index contributed by atoms with van der Waals surface area (Å²) in [6.07, 6.45) is 0. The molecule has 0 aliphatic carbocycles. The summed E-state index contributed by atoms with van der Waals surface area (Å²) in [5.74, 6) is 1.23. The molecule has 3 rings (SSSR count). The van der Waals surface area contributed by atoms with Gasteiger partial charge in [0.1, 0.15) is 0 Å². The van der Waals surface area contributed by atoms with Gasteiger partial charge in [0.15, 0.2) is 17.3 Å². The zero-order valence-electron chi connectivity index (χ0n) is 17.5. The van der Waals surface area contributed by atoms with E-state index in [0.717, 1.165) is 11.1 Å². The number of ketones is 1. The van der Waals surface area contributed by atoms with Crippen LogP contribution in [-0.4, -0.2) is 68.4 Å². The largest absolute Gasteiger partial charge is 0.493 e. The number of ether oxygens (including phenoxy) is 2. The van der Waals surface area contributed by atoms with Gasteiger partial charge in [0.25, 0.3) is 5.91 Å². The molecular weight excluding hydrogens is 368 g/mol. The number of aryl methyl sites for hydroxylation is 2. The maximum absolute atomic E-state index is 12.8. The van der Waals surface area contributed by atoms with Gasteiger partial charge >= 0.3 is 0 Å². The lowest BCUT2D eigenvalue weighted by Crippen LogP contribution is -2.49. The van der Waals surface area contributed by atoms with Crippen LogP contribution in [0.15, 0.2) is 36.4 Å². The van der Waals surface area contributed by atoms with Crippen molar-refractivity contribution in [3.05, 3.63) is 58.7 Å². The molecule has 0 saturated carbocycles. The SMILES string of the molecule is COc1ccc(C(=O)CN2CCN(C(=O)c3ccc(C)c(C)c3)CC2)cc1OC. The second kappa shape index (κ2) is 9.09. The Kier molecular flexibility index (Phi) is 6.54. The minimum Gasteiger partial charge on any atom is -0.493 e. The van der Waals surface area contributed by atoms with Crippen molar-refractivity contribution in [2.24, 2.45) is 0 Å². The Morgan fingerprint density at radius 3 is 2.10 bits per heavy atom. The van der Waals surface area contributed by atoms with E-state index in [1.165, 1.54) is 5.56 Å². The summed E-state index contributed by atoms with van der Waals surface area (Å²) in [7, 11) is 3.12. The highest BCUT2D eigenvalue weighted by molar-refractivity contribution is 5.98. The van der Waals surface area contributed by atoms with Crippen molar-refractivity contribution in [2.45, 2.75) is 13.8 Å². The molecule has 29 heavy (non-hydrogen) atoms. The van der Waals surface area contributed by atoms with Gasteiger partial charge in [0.2, 0.25) is 0 Å². The highest BCUT2D eigenvalue weighted by Gasteiger charge is 2.24. The molecule has 0 unspecified atom stereocenters. The van der Waals surface area contributed by atoms with Gasteiger partial charge in [-0.15, -0.1) is 0 Å². The normalized spacial score (nSPS) is 14.6. The number of hydrogen-bond acceptors (Lipinski definition) is 5. The fourth-order valence-corrected chi connectivity index (χ4v) is 3.47. The van der Waals surface area contributed by atoms with Crippen LogP contribution in [0.4, 0.5) is 0 Å². The van der Waals surface area contributed by atoms with Crippen LogP contribution in [0.5, 0.6) is 11.5 Å². The van der Waals surface area contributed by atoms with Crippen LogP contribution < -0.4 is 9.47 Å². The first-order valence-corrected chi connectivity index (χ1v) is 9.77. The Labute approximate surface area is 172 Å². The summed E-state index contributed by atoms with van der Waals surface area (Å²) in [6.45, 7) is 6.96. The van der Waals surface area contributed by atoms with Crippen LogP contribution in [-0.2, 0) is 0 Å². The quantitative estimate of drug-likeness (QED) is 0.703. The molecule has 1 saturated heterocycles. The second-order valence-electron chi connectivity index (χ2n) is 7.36. The number of carbonyl (C=O) groups is 2. The lowest BCUT2D eigenvalue weighted by atomic mass is 10.1. The molecule has 0 atom stereocenters. The zero-order chi connectivity index (χ0) is 21.0. The number of amides is 1. The van der Waals surface area contributed by atoms with Crippen molar-refractivity contribution in [1.82, 2.24) is 9.80 Å². The number of piperazine rings is 1. The van der Waals surface area contributed by atoms with E-state index in [1.807, 2.05) is 36.9 Å². The number of carbonyl (C=O) groups excluding carboxylic acids is 2. The average Bonchev–Trinajstić information content (AvgIpc) is 2.75. The fraction of sp³-hybridized carbons (Fsp3) is 0.391. The Morgan fingerprint density at radius 2 is 1.48 bits per heavy atom.